The maximum absolute atomic E-state index is 11.9. The van der Waals surface area contributed by atoms with Crippen molar-refractivity contribution in [3.05, 3.63) is 0 Å². The van der Waals surface area contributed by atoms with Crippen LogP contribution in [0.4, 0.5) is 4.79 Å². The van der Waals surface area contributed by atoms with E-state index in [-0.39, 0.29) is 6.09 Å². The van der Waals surface area contributed by atoms with Gasteiger partial charge in [0, 0.05) is 25.1 Å². The van der Waals surface area contributed by atoms with Gasteiger partial charge in [0.2, 0.25) is 0 Å². The topological polar surface area (TPSA) is 48.0 Å². The second-order valence-electron chi connectivity index (χ2n) is 7.35. The highest BCUT2D eigenvalue weighted by Crippen LogP contribution is 2.49. The molecular weight excluding hydrogens is 270 g/mol. The zero-order valence-corrected chi connectivity index (χ0v) is 13.8. The van der Waals surface area contributed by atoms with Crippen LogP contribution in [-0.4, -0.2) is 55.6 Å². The molecule has 2 aliphatic rings. The van der Waals surface area contributed by atoms with Gasteiger partial charge in [-0.1, -0.05) is 6.92 Å². The lowest BCUT2D eigenvalue weighted by Crippen LogP contribution is -2.65. The third-order valence-electron chi connectivity index (χ3n) is 3.96. The minimum atomic E-state index is -0.413. The molecule has 1 aliphatic carbocycles. The Morgan fingerprint density at radius 3 is 2.43 bits per heavy atom. The van der Waals surface area contributed by atoms with Crippen molar-refractivity contribution in [1.29, 1.82) is 0 Å². The summed E-state index contributed by atoms with van der Waals surface area (Å²) in [6.45, 7) is 11.6. The molecule has 1 amide bonds. The minimum absolute atomic E-state index is 0.189. The molecule has 0 unspecified atom stereocenters. The van der Waals surface area contributed by atoms with Crippen LogP contribution in [0.2, 0.25) is 0 Å². The molecule has 5 nitrogen and oxygen atoms in total. The van der Waals surface area contributed by atoms with E-state index in [2.05, 4.69) is 6.92 Å². The molecule has 0 atom stereocenters. The van der Waals surface area contributed by atoms with E-state index < -0.39 is 5.60 Å². The molecule has 1 aliphatic heterocycles. The Kier molecular flexibility index (Phi) is 5.15. The molecule has 2 rings (SSSR count). The molecule has 21 heavy (non-hydrogen) atoms. The Bertz CT molecular complexity index is 350. The van der Waals surface area contributed by atoms with Gasteiger partial charge >= 0.3 is 6.09 Å². The lowest BCUT2D eigenvalue weighted by Gasteiger charge is -2.58. The average molecular weight is 299 g/mol. The van der Waals surface area contributed by atoms with Gasteiger partial charge in [-0.15, -0.1) is 0 Å². The van der Waals surface area contributed by atoms with Crippen LogP contribution in [0.1, 0.15) is 47.0 Å². The summed E-state index contributed by atoms with van der Waals surface area (Å²) in [4.78, 5) is 13.7. The summed E-state index contributed by atoms with van der Waals surface area (Å²) in [5.74, 6) is 0. The van der Waals surface area contributed by atoms with E-state index in [4.69, 9.17) is 14.2 Å². The largest absolute Gasteiger partial charge is 0.444 e. The molecule has 0 bridgehead atoms. The van der Waals surface area contributed by atoms with E-state index in [1.54, 1.807) is 4.90 Å². The summed E-state index contributed by atoms with van der Waals surface area (Å²) in [6.07, 6.45) is 3.31. The van der Waals surface area contributed by atoms with Crippen molar-refractivity contribution < 1.29 is 19.0 Å². The fraction of sp³-hybridized carbons (Fsp3) is 0.938. The molecule has 1 saturated carbocycles. The zero-order chi connectivity index (χ0) is 15.5. The number of rotatable bonds is 6. The lowest BCUT2D eigenvalue weighted by molar-refractivity contribution is -0.151. The SMILES string of the molecule is CCCOCCOC1CC2(C1)CN(C(=O)OC(C)(C)C)C2. The van der Waals surface area contributed by atoms with Crippen molar-refractivity contribution >= 4 is 6.09 Å². The van der Waals surface area contributed by atoms with Crippen LogP contribution in [-0.2, 0) is 14.2 Å². The van der Waals surface area contributed by atoms with Gasteiger partial charge in [-0.3, -0.25) is 0 Å². The average Bonchev–Trinajstić information content (AvgIpc) is 2.26. The van der Waals surface area contributed by atoms with E-state index in [1.807, 2.05) is 20.8 Å². The normalized spacial score (nSPS) is 21.0. The van der Waals surface area contributed by atoms with Crippen molar-refractivity contribution in [1.82, 2.24) is 4.90 Å². The number of hydrogen-bond donors (Lipinski definition) is 0. The molecule has 1 spiro atoms. The van der Waals surface area contributed by atoms with Crippen LogP contribution in [0.3, 0.4) is 0 Å². The van der Waals surface area contributed by atoms with E-state index in [0.717, 1.165) is 39.0 Å². The number of likely N-dealkylation sites (tertiary alicyclic amines) is 1. The van der Waals surface area contributed by atoms with Gasteiger partial charge in [0.05, 0.1) is 19.3 Å². The molecular formula is C16H29NO4. The van der Waals surface area contributed by atoms with Crippen LogP contribution in [0, 0.1) is 5.41 Å². The first-order valence-electron chi connectivity index (χ1n) is 8.01. The number of carbonyl (C=O) groups is 1. The minimum Gasteiger partial charge on any atom is -0.444 e. The molecule has 1 saturated heterocycles. The second-order valence-corrected chi connectivity index (χ2v) is 7.35. The van der Waals surface area contributed by atoms with Crippen LogP contribution in [0.5, 0.6) is 0 Å². The molecule has 0 aromatic rings. The van der Waals surface area contributed by atoms with Gasteiger partial charge in [0.15, 0.2) is 0 Å². The predicted octanol–water partition coefficient (Wildman–Crippen LogP) is 2.83. The zero-order valence-electron chi connectivity index (χ0n) is 13.8. The number of hydrogen-bond acceptors (Lipinski definition) is 4. The number of amides is 1. The Balaban J connectivity index is 1.56. The molecule has 0 aromatic carbocycles. The van der Waals surface area contributed by atoms with Gasteiger partial charge in [-0.05, 0) is 40.0 Å². The second kappa shape index (κ2) is 6.53. The monoisotopic (exact) mass is 299 g/mol. The fourth-order valence-corrected chi connectivity index (χ4v) is 3.02. The third-order valence-corrected chi connectivity index (χ3v) is 3.96. The van der Waals surface area contributed by atoms with Crippen LogP contribution in [0.15, 0.2) is 0 Å². The first kappa shape index (κ1) is 16.6. The van der Waals surface area contributed by atoms with Crippen molar-refractivity contribution in [2.75, 3.05) is 32.9 Å². The summed E-state index contributed by atoms with van der Waals surface area (Å²) < 4.78 is 16.5. The molecule has 0 N–H and O–H groups in total. The van der Waals surface area contributed by atoms with Crippen LogP contribution < -0.4 is 0 Å². The van der Waals surface area contributed by atoms with Gasteiger partial charge in [0.1, 0.15) is 5.60 Å². The van der Waals surface area contributed by atoms with E-state index in [0.29, 0.717) is 24.7 Å². The number of carbonyl (C=O) groups excluding carboxylic acids is 1. The van der Waals surface area contributed by atoms with Crippen molar-refractivity contribution in [2.45, 2.75) is 58.7 Å². The molecule has 5 heteroatoms. The third kappa shape index (κ3) is 4.58. The molecule has 122 valence electrons. The highest BCUT2D eigenvalue weighted by Gasteiger charge is 2.54. The summed E-state index contributed by atoms with van der Waals surface area (Å²) in [5, 5.41) is 0. The first-order valence-corrected chi connectivity index (χ1v) is 8.01. The molecule has 0 aromatic heterocycles. The maximum atomic E-state index is 11.9. The van der Waals surface area contributed by atoms with Gasteiger partial charge in [-0.25, -0.2) is 4.79 Å². The number of ether oxygens (including phenoxy) is 3. The van der Waals surface area contributed by atoms with Crippen molar-refractivity contribution in [3.8, 4) is 0 Å². The number of nitrogens with zero attached hydrogens (tertiary/aromatic N) is 1. The van der Waals surface area contributed by atoms with Crippen LogP contribution >= 0.6 is 0 Å². The Hall–Kier alpha value is -0.810. The highest BCUT2D eigenvalue weighted by molar-refractivity contribution is 5.69. The Morgan fingerprint density at radius 1 is 1.19 bits per heavy atom. The predicted molar refractivity (Wildman–Crippen MR) is 80.3 cm³/mol. The van der Waals surface area contributed by atoms with Gasteiger partial charge < -0.3 is 19.1 Å². The first-order chi connectivity index (χ1) is 9.84. The van der Waals surface area contributed by atoms with E-state index >= 15 is 0 Å². The van der Waals surface area contributed by atoms with E-state index in [9.17, 15) is 4.79 Å². The summed E-state index contributed by atoms with van der Waals surface area (Å²) in [7, 11) is 0. The van der Waals surface area contributed by atoms with Gasteiger partial charge in [0.25, 0.3) is 0 Å². The van der Waals surface area contributed by atoms with Gasteiger partial charge in [-0.2, -0.15) is 0 Å². The highest BCUT2D eigenvalue weighted by atomic mass is 16.6. The van der Waals surface area contributed by atoms with Crippen molar-refractivity contribution in [3.63, 3.8) is 0 Å². The quantitative estimate of drug-likeness (QED) is 0.708. The molecule has 2 fully saturated rings. The lowest BCUT2D eigenvalue weighted by atomic mass is 9.62. The molecule has 0 radical (unpaired) electrons. The summed E-state index contributed by atoms with van der Waals surface area (Å²) in [5.41, 5.74) is -0.116. The van der Waals surface area contributed by atoms with E-state index in [1.165, 1.54) is 0 Å². The van der Waals surface area contributed by atoms with Crippen LogP contribution in [0.25, 0.3) is 0 Å². The Labute approximate surface area is 127 Å². The molecule has 1 heterocycles. The smallest absolute Gasteiger partial charge is 0.410 e. The maximum Gasteiger partial charge on any atom is 0.410 e. The Morgan fingerprint density at radius 2 is 1.86 bits per heavy atom. The fourth-order valence-electron chi connectivity index (χ4n) is 3.02. The summed E-state index contributed by atoms with van der Waals surface area (Å²) in [6, 6.07) is 0. The standard InChI is InChI=1S/C16H29NO4/c1-5-6-19-7-8-20-13-9-16(10-13)11-17(12-16)14(18)21-15(2,3)4/h13H,5-12H2,1-4H3. The summed E-state index contributed by atoms with van der Waals surface area (Å²) >= 11 is 0. The van der Waals surface area contributed by atoms with Crippen molar-refractivity contribution in [2.24, 2.45) is 5.41 Å².